The van der Waals surface area contributed by atoms with Gasteiger partial charge in [0.05, 0.1) is 9.52 Å². The zero-order valence-electron chi connectivity index (χ0n) is 10.0. The molecule has 2 rings (SSSR count). The van der Waals surface area contributed by atoms with E-state index in [-0.39, 0.29) is 9.52 Å². The van der Waals surface area contributed by atoms with Gasteiger partial charge in [-0.2, -0.15) is 0 Å². The summed E-state index contributed by atoms with van der Waals surface area (Å²) in [5, 5.41) is 1.61. The number of benzene rings is 2. The van der Waals surface area contributed by atoms with Crippen LogP contribution in [0.25, 0.3) is 0 Å². The van der Waals surface area contributed by atoms with Crippen molar-refractivity contribution in [2.24, 2.45) is 0 Å². The molecule has 2 aromatic carbocycles. The van der Waals surface area contributed by atoms with Crippen LogP contribution in [0.2, 0.25) is 0 Å². The molecule has 0 unspecified atom stereocenters. The summed E-state index contributed by atoms with van der Waals surface area (Å²) in [6.45, 7) is 4.46. The molecule has 0 aliphatic heterocycles. The second-order valence-electron chi connectivity index (χ2n) is 4.34. The third kappa shape index (κ3) is 2.61. The molecule has 0 aliphatic carbocycles. The lowest BCUT2D eigenvalue weighted by Crippen LogP contribution is -2.20. The normalized spacial score (nSPS) is 11.1. The van der Waals surface area contributed by atoms with Crippen molar-refractivity contribution in [3.63, 3.8) is 0 Å². The molecule has 2 aromatic rings. The van der Waals surface area contributed by atoms with Crippen LogP contribution in [0.4, 0.5) is 0 Å². The number of hydrogen-bond acceptors (Lipinski definition) is 0. The van der Waals surface area contributed by atoms with Gasteiger partial charge in [-0.1, -0.05) is 59.3 Å². The minimum Gasteiger partial charge on any atom is -0.0635 e. The van der Waals surface area contributed by atoms with E-state index >= 15 is 0 Å². The summed E-state index contributed by atoms with van der Waals surface area (Å²) in [5.41, 5.74) is 4.42. The molecular weight excluding hydrogens is 208 g/mol. The first kappa shape index (κ1) is 11.2. The van der Waals surface area contributed by atoms with E-state index in [2.05, 4.69) is 62.4 Å². The molecule has 0 nitrogen and oxygen atoms in total. The maximum atomic E-state index is 2.30. The van der Waals surface area contributed by atoms with E-state index in [0.717, 1.165) is 0 Å². The first-order valence-electron chi connectivity index (χ1n) is 5.86. The van der Waals surface area contributed by atoms with E-state index in [1.165, 1.54) is 22.7 Å². The van der Waals surface area contributed by atoms with Crippen LogP contribution in [0.1, 0.15) is 16.7 Å². The van der Waals surface area contributed by atoms with E-state index in [4.69, 9.17) is 0 Å². The van der Waals surface area contributed by atoms with Gasteiger partial charge in [0, 0.05) is 0 Å². The molecule has 0 radical (unpaired) electrons. The molecule has 0 amide bonds. The molecule has 0 bridgehead atoms. The first-order valence-corrected chi connectivity index (χ1v) is 7.57. The number of hydrogen-bond donors (Lipinski definition) is 0. The maximum Gasteiger partial charge on any atom is 0.0594 e. The van der Waals surface area contributed by atoms with Crippen molar-refractivity contribution in [1.82, 2.24) is 0 Å². The van der Waals surface area contributed by atoms with Gasteiger partial charge in [-0.3, -0.25) is 0 Å². The summed E-state index contributed by atoms with van der Waals surface area (Å²) >= 11 is 0. The Morgan fingerprint density at radius 2 is 1.62 bits per heavy atom. The highest BCUT2D eigenvalue weighted by molar-refractivity contribution is 6.53. The summed E-state index contributed by atoms with van der Waals surface area (Å²) in [6.07, 6.45) is 0. The van der Waals surface area contributed by atoms with Crippen LogP contribution in [0.3, 0.4) is 0 Å². The highest BCUT2D eigenvalue weighted by Gasteiger charge is 2.01. The molecule has 82 valence electrons. The molecule has 16 heavy (non-hydrogen) atoms. The minimum absolute atomic E-state index is 0.160. The fraction of sp³-hybridized carbons (Fsp3) is 0.200. The van der Waals surface area contributed by atoms with Gasteiger partial charge in [0.1, 0.15) is 0 Å². The average molecular weight is 226 g/mol. The van der Waals surface area contributed by atoms with Crippen LogP contribution in [0.15, 0.2) is 48.5 Å². The van der Waals surface area contributed by atoms with Crippen molar-refractivity contribution in [2.75, 3.05) is 0 Å². The highest BCUT2D eigenvalue weighted by Crippen LogP contribution is 2.04. The third-order valence-corrected chi connectivity index (χ3v) is 5.37. The molecule has 0 aromatic heterocycles. The summed E-state index contributed by atoms with van der Waals surface area (Å²) in [6, 6.07) is 18.8. The summed E-state index contributed by atoms with van der Waals surface area (Å²) in [7, 11) is -0.160. The Kier molecular flexibility index (Phi) is 3.57. The molecule has 0 saturated heterocycles. The predicted octanol–water partition coefficient (Wildman–Crippen LogP) is 2.30. The van der Waals surface area contributed by atoms with Crippen LogP contribution in [-0.2, 0) is 6.04 Å². The molecule has 0 atom stereocenters. The Labute approximate surface area is 100 Å². The van der Waals surface area contributed by atoms with E-state index in [1.807, 2.05) is 0 Å². The highest BCUT2D eigenvalue weighted by atomic mass is 28.2. The lowest BCUT2D eigenvalue weighted by Gasteiger charge is -2.07. The smallest absolute Gasteiger partial charge is 0.0594 e. The van der Waals surface area contributed by atoms with Crippen molar-refractivity contribution in [2.45, 2.75) is 19.9 Å². The van der Waals surface area contributed by atoms with Gasteiger partial charge in [-0.05, 0) is 31.0 Å². The lowest BCUT2D eigenvalue weighted by molar-refractivity contribution is 1.35. The molecule has 0 fully saturated rings. The van der Waals surface area contributed by atoms with E-state index in [0.29, 0.717) is 0 Å². The van der Waals surface area contributed by atoms with Gasteiger partial charge in [-0.25, -0.2) is 0 Å². The lowest BCUT2D eigenvalue weighted by atomic mass is 10.1. The second-order valence-corrected chi connectivity index (χ2v) is 6.11. The molecule has 0 N–H and O–H groups in total. The molecular formula is C15H18Si. The number of rotatable bonds is 3. The average Bonchev–Trinajstić information content (AvgIpc) is 2.32. The van der Waals surface area contributed by atoms with Gasteiger partial charge in [0.25, 0.3) is 0 Å². The van der Waals surface area contributed by atoms with Crippen LogP contribution in [0, 0.1) is 13.8 Å². The topological polar surface area (TPSA) is 0 Å². The fourth-order valence-corrected chi connectivity index (χ4v) is 3.85. The van der Waals surface area contributed by atoms with Gasteiger partial charge in [-0.15, -0.1) is 0 Å². The molecule has 0 aliphatic rings. The van der Waals surface area contributed by atoms with Crippen molar-refractivity contribution < 1.29 is 0 Å². The maximum absolute atomic E-state index is 2.30. The first-order chi connectivity index (χ1) is 7.77. The second kappa shape index (κ2) is 5.13. The van der Waals surface area contributed by atoms with Crippen LogP contribution >= 0.6 is 0 Å². The minimum atomic E-state index is -0.160. The summed E-state index contributed by atoms with van der Waals surface area (Å²) in [4.78, 5) is 0. The number of aryl methyl sites for hydroxylation is 1. The fourth-order valence-electron chi connectivity index (χ4n) is 2.01. The van der Waals surface area contributed by atoms with Gasteiger partial charge >= 0.3 is 0 Å². The molecule has 0 heterocycles. The SMILES string of the molecule is Cc1cccc([SiH2]Cc2ccccc2)c1C. The van der Waals surface area contributed by atoms with E-state index < -0.39 is 0 Å². The molecule has 1 heteroatoms. The standard InChI is InChI=1S/C15H18Si/c1-12-7-6-10-15(13(12)2)16-11-14-8-4-3-5-9-14/h3-10H,11,16H2,1-2H3. The van der Waals surface area contributed by atoms with Crippen molar-refractivity contribution in [3.8, 4) is 0 Å². The van der Waals surface area contributed by atoms with Crippen LogP contribution in [0.5, 0.6) is 0 Å². The third-order valence-electron chi connectivity index (χ3n) is 3.24. The van der Waals surface area contributed by atoms with Crippen molar-refractivity contribution >= 4 is 14.7 Å². The monoisotopic (exact) mass is 226 g/mol. The summed E-state index contributed by atoms with van der Waals surface area (Å²) in [5.74, 6) is 0. The van der Waals surface area contributed by atoms with Crippen LogP contribution < -0.4 is 5.19 Å². The van der Waals surface area contributed by atoms with E-state index in [1.54, 1.807) is 5.19 Å². The zero-order chi connectivity index (χ0) is 11.4. The summed E-state index contributed by atoms with van der Waals surface area (Å²) < 4.78 is 0. The largest absolute Gasteiger partial charge is 0.0635 e. The Morgan fingerprint density at radius 3 is 2.38 bits per heavy atom. The Morgan fingerprint density at radius 1 is 0.875 bits per heavy atom. The Hall–Kier alpha value is -1.34. The molecule has 0 spiro atoms. The van der Waals surface area contributed by atoms with Crippen LogP contribution in [-0.4, -0.2) is 9.52 Å². The van der Waals surface area contributed by atoms with E-state index in [9.17, 15) is 0 Å². The Bertz CT molecular complexity index is 460. The van der Waals surface area contributed by atoms with Crippen molar-refractivity contribution in [3.05, 3.63) is 65.2 Å². The predicted molar refractivity (Wildman–Crippen MR) is 74.2 cm³/mol. The van der Waals surface area contributed by atoms with Gasteiger partial charge in [0.2, 0.25) is 0 Å². The quantitative estimate of drug-likeness (QED) is 0.705. The molecule has 0 saturated carbocycles. The zero-order valence-corrected chi connectivity index (χ0v) is 11.4. The Balaban J connectivity index is 2.08. The van der Waals surface area contributed by atoms with Gasteiger partial charge in [0.15, 0.2) is 0 Å². The van der Waals surface area contributed by atoms with Crippen molar-refractivity contribution in [1.29, 1.82) is 0 Å². The van der Waals surface area contributed by atoms with Gasteiger partial charge < -0.3 is 0 Å².